The molecule has 0 unspecified atom stereocenters. The molecule has 0 aliphatic carbocycles. The lowest BCUT2D eigenvalue weighted by molar-refractivity contribution is 0.250. The van der Waals surface area contributed by atoms with Gasteiger partial charge in [0.1, 0.15) is 0 Å². The van der Waals surface area contributed by atoms with Crippen LogP contribution < -0.4 is 0 Å². The van der Waals surface area contributed by atoms with E-state index in [-0.39, 0.29) is 0 Å². The number of hydrogen-bond donors (Lipinski definition) is 1. The van der Waals surface area contributed by atoms with Gasteiger partial charge in [-0.3, -0.25) is 0 Å². The van der Waals surface area contributed by atoms with Crippen LogP contribution in [-0.2, 0) is 12.8 Å². The molecule has 0 saturated heterocycles. The standard InChI is InChI=1S/C17H25N3/c1-13-4-5-14-15-6-8-20(11-10-19(2)3)9-7-16(15)18-17(14)12-13/h4-5,12,18H,6-11H2,1-3H3. The van der Waals surface area contributed by atoms with Crippen molar-refractivity contribution in [3.63, 3.8) is 0 Å². The van der Waals surface area contributed by atoms with E-state index in [1.807, 2.05) is 0 Å². The van der Waals surface area contributed by atoms with Gasteiger partial charge in [-0.25, -0.2) is 0 Å². The van der Waals surface area contributed by atoms with Crippen molar-refractivity contribution in [1.29, 1.82) is 0 Å². The van der Waals surface area contributed by atoms with Gasteiger partial charge in [-0.1, -0.05) is 12.1 Å². The van der Waals surface area contributed by atoms with Gasteiger partial charge in [0, 0.05) is 49.2 Å². The Hall–Kier alpha value is -1.32. The van der Waals surface area contributed by atoms with Gasteiger partial charge in [-0.05, 0) is 44.6 Å². The molecule has 0 bridgehead atoms. The van der Waals surface area contributed by atoms with Crippen LogP contribution in [0.1, 0.15) is 16.8 Å². The zero-order valence-electron chi connectivity index (χ0n) is 12.9. The third-order valence-electron chi connectivity index (χ3n) is 4.37. The summed E-state index contributed by atoms with van der Waals surface area (Å²) in [6, 6.07) is 6.79. The van der Waals surface area contributed by atoms with Gasteiger partial charge in [0.15, 0.2) is 0 Å². The first-order valence-electron chi connectivity index (χ1n) is 7.60. The third kappa shape index (κ3) is 2.74. The molecule has 0 atom stereocenters. The summed E-state index contributed by atoms with van der Waals surface area (Å²) < 4.78 is 0. The molecule has 2 heterocycles. The quantitative estimate of drug-likeness (QED) is 0.926. The Morgan fingerprint density at radius 2 is 2.00 bits per heavy atom. The fourth-order valence-corrected chi connectivity index (χ4v) is 3.14. The van der Waals surface area contributed by atoms with E-state index < -0.39 is 0 Å². The SMILES string of the molecule is Cc1ccc2c3c([nH]c2c1)CCN(CCN(C)C)CC3. The number of nitrogens with one attached hydrogen (secondary N) is 1. The lowest BCUT2D eigenvalue weighted by Crippen LogP contribution is -2.33. The fourth-order valence-electron chi connectivity index (χ4n) is 3.14. The second-order valence-electron chi connectivity index (χ2n) is 6.28. The number of aromatic amines is 1. The summed E-state index contributed by atoms with van der Waals surface area (Å²) in [7, 11) is 4.30. The van der Waals surface area contributed by atoms with Gasteiger partial charge in [-0.2, -0.15) is 0 Å². The van der Waals surface area contributed by atoms with E-state index in [0.29, 0.717) is 0 Å². The minimum absolute atomic E-state index is 1.15. The lowest BCUT2D eigenvalue weighted by atomic mass is 10.1. The highest BCUT2D eigenvalue weighted by atomic mass is 15.2. The van der Waals surface area contributed by atoms with Crippen LogP contribution in [0, 0.1) is 6.92 Å². The van der Waals surface area contributed by atoms with Crippen molar-refractivity contribution in [1.82, 2.24) is 14.8 Å². The number of hydrogen-bond acceptors (Lipinski definition) is 2. The fraction of sp³-hybridized carbons (Fsp3) is 0.529. The molecule has 1 aromatic heterocycles. The molecule has 1 aromatic carbocycles. The molecule has 3 rings (SSSR count). The molecule has 1 N–H and O–H groups in total. The number of H-pyrrole nitrogens is 1. The molecule has 3 nitrogen and oxygen atoms in total. The van der Waals surface area contributed by atoms with Crippen LogP contribution in [-0.4, -0.2) is 55.1 Å². The minimum atomic E-state index is 1.15. The number of benzene rings is 1. The van der Waals surface area contributed by atoms with Gasteiger partial charge >= 0.3 is 0 Å². The summed E-state index contributed by atoms with van der Waals surface area (Å²) in [5, 5.41) is 1.43. The van der Waals surface area contributed by atoms with Crippen LogP contribution in [0.15, 0.2) is 18.2 Å². The molecule has 0 spiro atoms. The van der Waals surface area contributed by atoms with E-state index in [9.17, 15) is 0 Å². The summed E-state index contributed by atoms with van der Waals surface area (Å²) in [6.07, 6.45) is 2.32. The summed E-state index contributed by atoms with van der Waals surface area (Å²) in [5.41, 5.74) is 5.66. The van der Waals surface area contributed by atoms with Crippen molar-refractivity contribution < 1.29 is 0 Å². The lowest BCUT2D eigenvalue weighted by Gasteiger charge is -2.21. The number of aryl methyl sites for hydroxylation is 1. The molecule has 0 fully saturated rings. The van der Waals surface area contributed by atoms with E-state index in [1.54, 1.807) is 5.56 Å². The maximum Gasteiger partial charge on any atom is 0.0461 e. The highest BCUT2D eigenvalue weighted by Gasteiger charge is 2.17. The zero-order chi connectivity index (χ0) is 14.1. The van der Waals surface area contributed by atoms with E-state index in [0.717, 1.165) is 13.0 Å². The largest absolute Gasteiger partial charge is 0.358 e. The number of nitrogens with zero attached hydrogens (tertiary/aromatic N) is 2. The second kappa shape index (κ2) is 5.58. The van der Waals surface area contributed by atoms with Crippen LogP contribution >= 0.6 is 0 Å². The molecule has 1 aliphatic rings. The maximum absolute atomic E-state index is 3.65. The zero-order valence-corrected chi connectivity index (χ0v) is 12.9. The van der Waals surface area contributed by atoms with Crippen molar-refractivity contribution >= 4 is 10.9 Å². The molecular formula is C17H25N3. The molecule has 108 valence electrons. The first-order valence-corrected chi connectivity index (χ1v) is 7.60. The van der Waals surface area contributed by atoms with Crippen molar-refractivity contribution in [2.75, 3.05) is 40.3 Å². The van der Waals surface area contributed by atoms with Crippen molar-refractivity contribution in [3.8, 4) is 0 Å². The van der Waals surface area contributed by atoms with Crippen molar-refractivity contribution in [3.05, 3.63) is 35.0 Å². The van der Waals surface area contributed by atoms with Gasteiger partial charge in [0.05, 0.1) is 0 Å². The number of fused-ring (bicyclic) bond motifs is 3. The molecule has 1 aliphatic heterocycles. The Kier molecular flexibility index (Phi) is 3.81. The van der Waals surface area contributed by atoms with Gasteiger partial charge < -0.3 is 14.8 Å². The van der Waals surface area contributed by atoms with Gasteiger partial charge in [0.2, 0.25) is 0 Å². The van der Waals surface area contributed by atoms with Gasteiger partial charge in [-0.15, -0.1) is 0 Å². The predicted molar refractivity (Wildman–Crippen MR) is 85.4 cm³/mol. The molecule has 3 heteroatoms. The molecular weight excluding hydrogens is 246 g/mol. The Balaban J connectivity index is 1.78. The van der Waals surface area contributed by atoms with E-state index in [1.165, 1.54) is 48.2 Å². The summed E-state index contributed by atoms with van der Waals surface area (Å²) >= 11 is 0. The Morgan fingerprint density at radius 3 is 2.80 bits per heavy atom. The Labute approximate surface area is 121 Å². The van der Waals surface area contributed by atoms with E-state index in [2.05, 4.69) is 54.0 Å². The number of aromatic nitrogens is 1. The average molecular weight is 271 g/mol. The van der Waals surface area contributed by atoms with Crippen LogP contribution in [0.25, 0.3) is 10.9 Å². The predicted octanol–water partition coefficient (Wildman–Crippen LogP) is 2.44. The van der Waals surface area contributed by atoms with Crippen LogP contribution in [0.4, 0.5) is 0 Å². The van der Waals surface area contributed by atoms with Crippen LogP contribution in [0.2, 0.25) is 0 Å². The van der Waals surface area contributed by atoms with Gasteiger partial charge in [0.25, 0.3) is 0 Å². The summed E-state index contributed by atoms with van der Waals surface area (Å²) in [5.74, 6) is 0. The Bertz CT molecular complexity index is 598. The van der Waals surface area contributed by atoms with Crippen molar-refractivity contribution in [2.24, 2.45) is 0 Å². The highest BCUT2D eigenvalue weighted by Crippen LogP contribution is 2.26. The summed E-state index contributed by atoms with van der Waals surface area (Å²) in [4.78, 5) is 8.50. The topological polar surface area (TPSA) is 22.3 Å². The third-order valence-corrected chi connectivity index (χ3v) is 4.37. The number of likely N-dealkylation sites (N-methyl/N-ethyl adjacent to an activating group) is 1. The molecule has 0 amide bonds. The van der Waals surface area contributed by atoms with Crippen molar-refractivity contribution in [2.45, 2.75) is 19.8 Å². The maximum atomic E-state index is 3.65. The molecule has 20 heavy (non-hydrogen) atoms. The highest BCUT2D eigenvalue weighted by molar-refractivity contribution is 5.85. The number of rotatable bonds is 3. The molecule has 0 saturated carbocycles. The Morgan fingerprint density at radius 1 is 1.20 bits per heavy atom. The second-order valence-corrected chi connectivity index (χ2v) is 6.28. The first kappa shape index (κ1) is 13.7. The summed E-state index contributed by atoms with van der Waals surface area (Å²) in [6.45, 7) is 6.84. The van der Waals surface area contributed by atoms with E-state index >= 15 is 0 Å². The van der Waals surface area contributed by atoms with Crippen LogP contribution in [0.5, 0.6) is 0 Å². The first-order chi connectivity index (χ1) is 9.63. The average Bonchev–Trinajstić information content (AvgIpc) is 2.62. The molecule has 0 radical (unpaired) electrons. The van der Waals surface area contributed by atoms with E-state index in [4.69, 9.17) is 0 Å². The monoisotopic (exact) mass is 271 g/mol. The smallest absolute Gasteiger partial charge is 0.0461 e. The normalized spacial score (nSPS) is 16.6. The minimum Gasteiger partial charge on any atom is -0.358 e. The van der Waals surface area contributed by atoms with Crippen LogP contribution in [0.3, 0.4) is 0 Å². The molecule has 2 aromatic rings.